The topological polar surface area (TPSA) is 43.8 Å². The first kappa shape index (κ1) is 9.71. The minimum Gasteiger partial charge on any atom is -0.382 e. The van der Waals surface area contributed by atoms with Gasteiger partial charge >= 0.3 is 0 Å². The predicted molar refractivity (Wildman–Crippen MR) is 57.4 cm³/mol. The molecule has 0 spiro atoms. The highest BCUT2D eigenvalue weighted by Gasteiger charge is 2.09. The molecule has 1 aromatic carbocycles. The van der Waals surface area contributed by atoms with Crippen LogP contribution in [-0.2, 0) is 0 Å². The van der Waals surface area contributed by atoms with E-state index < -0.39 is 0 Å². The van der Waals surface area contributed by atoms with Gasteiger partial charge in [0, 0.05) is 17.3 Å². The van der Waals surface area contributed by atoms with E-state index in [0.717, 1.165) is 11.4 Å². The van der Waals surface area contributed by atoms with Crippen LogP contribution in [0, 0.1) is 19.7 Å². The van der Waals surface area contributed by atoms with Gasteiger partial charge in [-0.05, 0) is 26.0 Å². The van der Waals surface area contributed by atoms with E-state index in [4.69, 9.17) is 5.73 Å². The van der Waals surface area contributed by atoms with Crippen LogP contribution < -0.4 is 5.73 Å². The molecule has 0 atom stereocenters. The maximum atomic E-state index is 13.3. The number of hydrogen-bond acceptors (Lipinski definition) is 2. The molecule has 3 nitrogen and oxygen atoms in total. The summed E-state index contributed by atoms with van der Waals surface area (Å²) in [5.74, 6) is 0.206. The zero-order valence-electron chi connectivity index (χ0n) is 8.66. The molecule has 78 valence electrons. The lowest BCUT2D eigenvalue weighted by molar-refractivity contribution is 0.615. The number of aromatic nitrogens is 2. The van der Waals surface area contributed by atoms with Gasteiger partial charge in [-0.3, -0.25) is 0 Å². The molecule has 1 aromatic heterocycles. The average molecular weight is 205 g/mol. The Labute approximate surface area is 87.3 Å². The average Bonchev–Trinajstić information content (AvgIpc) is 2.50. The van der Waals surface area contributed by atoms with Crippen molar-refractivity contribution < 1.29 is 4.39 Å². The number of nitrogens with zero attached hydrogens (tertiary/aromatic N) is 2. The molecule has 2 aromatic rings. The van der Waals surface area contributed by atoms with Gasteiger partial charge in [-0.25, -0.2) is 9.07 Å². The molecule has 0 fully saturated rings. The van der Waals surface area contributed by atoms with E-state index in [-0.39, 0.29) is 5.82 Å². The molecule has 0 saturated heterocycles. The summed E-state index contributed by atoms with van der Waals surface area (Å²) in [6.45, 7) is 3.61. The molecule has 0 amide bonds. The normalized spacial score (nSPS) is 10.6. The Bertz CT molecular complexity index is 503. The Morgan fingerprint density at radius 2 is 2.07 bits per heavy atom. The van der Waals surface area contributed by atoms with E-state index >= 15 is 0 Å². The third-order valence-electron chi connectivity index (χ3n) is 2.37. The molecule has 4 heteroatoms. The van der Waals surface area contributed by atoms with Crippen molar-refractivity contribution in [1.82, 2.24) is 9.78 Å². The van der Waals surface area contributed by atoms with Gasteiger partial charge in [-0.2, -0.15) is 5.10 Å². The van der Waals surface area contributed by atoms with E-state index in [1.807, 2.05) is 13.0 Å². The van der Waals surface area contributed by atoms with Gasteiger partial charge in [-0.15, -0.1) is 0 Å². The van der Waals surface area contributed by atoms with Gasteiger partial charge in [0.15, 0.2) is 0 Å². The summed E-state index contributed by atoms with van der Waals surface area (Å²) in [5, 5.41) is 4.11. The molecule has 2 rings (SSSR count). The van der Waals surface area contributed by atoms with Crippen molar-refractivity contribution in [2.45, 2.75) is 13.8 Å². The first-order chi connectivity index (χ1) is 7.09. The lowest BCUT2D eigenvalue weighted by Gasteiger charge is -2.08. The van der Waals surface area contributed by atoms with Crippen LogP contribution in [0.5, 0.6) is 0 Å². The van der Waals surface area contributed by atoms with Crippen molar-refractivity contribution in [2.75, 3.05) is 5.73 Å². The van der Waals surface area contributed by atoms with Crippen LogP contribution in [0.4, 0.5) is 10.2 Å². The fourth-order valence-electron chi connectivity index (χ4n) is 1.57. The predicted octanol–water partition coefficient (Wildman–Crippen LogP) is 2.21. The molecule has 0 aliphatic rings. The molecule has 0 saturated carbocycles. The van der Waals surface area contributed by atoms with Crippen LogP contribution in [-0.4, -0.2) is 9.78 Å². The molecule has 0 radical (unpaired) electrons. The zero-order chi connectivity index (χ0) is 11.0. The molecule has 0 aliphatic carbocycles. The minimum absolute atomic E-state index is 0.235. The van der Waals surface area contributed by atoms with Crippen LogP contribution in [0.3, 0.4) is 0 Å². The quantitative estimate of drug-likeness (QED) is 0.775. The SMILES string of the molecule is Cc1c(F)cccc1-n1nc(N)cc1C. The van der Waals surface area contributed by atoms with Crippen molar-refractivity contribution in [3.63, 3.8) is 0 Å². The Morgan fingerprint density at radius 1 is 1.33 bits per heavy atom. The summed E-state index contributed by atoms with van der Waals surface area (Å²) in [6, 6.07) is 6.66. The summed E-state index contributed by atoms with van der Waals surface area (Å²) >= 11 is 0. The minimum atomic E-state index is -0.235. The summed E-state index contributed by atoms with van der Waals surface area (Å²) < 4.78 is 15.0. The van der Waals surface area contributed by atoms with Crippen LogP contribution in [0.25, 0.3) is 5.69 Å². The largest absolute Gasteiger partial charge is 0.382 e. The number of benzene rings is 1. The molecule has 15 heavy (non-hydrogen) atoms. The number of anilines is 1. The molecular formula is C11H12FN3. The Morgan fingerprint density at radius 3 is 2.67 bits per heavy atom. The maximum Gasteiger partial charge on any atom is 0.146 e. The summed E-state index contributed by atoms with van der Waals surface area (Å²) in [6.07, 6.45) is 0. The highest BCUT2D eigenvalue weighted by molar-refractivity contribution is 5.44. The standard InChI is InChI=1S/C11H12FN3/c1-7-6-11(13)14-15(7)10-5-3-4-9(12)8(10)2/h3-6H,1-2H3,(H2,13,14). The lowest BCUT2D eigenvalue weighted by Crippen LogP contribution is -2.03. The van der Waals surface area contributed by atoms with Gasteiger partial charge in [0.1, 0.15) is 11.6 Å². The molecule has 0 aliphatic heterocycles. The molecule has 0 bridgehead atoms. The lowest BCUT2D eigenvalue weighted by atomic mass is 10.2. The Balaban J connectivity index is 2.64. The van der Waals surface area contributed by atoms with E-state index in [0.29, 0.717) is 11.4 Å². The molecule has 2 N–H and O–H groups in total. The maximum absolute atomic E-state index is 13.3. The van der Waals surface area contributed by atoms with E-state index in [1.165, 1.54) is 6.07 Å². The number of aryl methyl sites for hydroxylation is 1. The second-order valence-corrected chi connectivity index (χ2v) is 3.51. The number of nitrogen functional groups attached to an aromatic ring is 1. The van der Waals surface area contributed by atoms with Gasteiger partial charge in [0.25, 0.3) is 0 Å². The van der Waals surface area contributed by atoms with Crippen molar-refractivity contribution in [2.24, 2.45) is 0 Å². The van der Waals surface area contributed by atoms with Gasteiger partial charge < -0.3 is 5.73 Å². The number of halogens is 1. The van der Waals surface area contributed by atoms with Gasteiger partial charge in [-0.1, -0.05) is 6.07 Å². The highest BCUT2D eigenvalue weighted by atomic mass is 19.1. The fraction of sp³-hybridized carbons (Fsp3) is 0.182. The second-order valence-electron chi connectivity index (χ2n) is 3.51. The van der Waals surface area contributed by atoms with Crippen molar-refractivity contribution in [3.8, 4) is 5.69 Å². The highest BCUT2D eigenvalue weighted by Crippen LogP contribution is 2.19. The Kier molecular flexibility index (Phi) is 2.19. The van der Waals surface area contributed by atoms with Crippen molar-refractivity contribution >= 4 is 5.82 Å². The van der Waals surface area contributed by atoms with E-state index in [2.05, 4.69) is 5.10 Å². The van der Waals surface area contributed by atoms with Crippen molar-refractivity contribution in [1.29, 1.82) is 0 Å². The first-order valence-corrected chi connectivity index (χ1v) is 4.67. The van der Waals surface area contributed by atoms with Crippen molar-refractivity contribution in [3.05, 3.63) is 41.3 Å². The smallest absolute Gasteiger partial charge is 0.146 e. The van der Waals surface area contributed by atoms with Crippen LogP contribution in [0.1, 0.15) is 11.3 Å². The van der Waals surface area contributed by atoms with E-state index in [1.54, 1.807) is 23.7 Å². The Hall–Kier alpha value is -1.84. The molecule has 1 heterocycles. The molecule has 0 unspecified atom stereocenters. The zero-order valence-corrected chi connectivity index (χ0v) is 8.66. The third-order valence-corrected chi connectivity index (χ3v) is 2.37. The monoisotopic (exact) mass is 205 g/mol. The van der Waals surface area contributed by atoms with Crippen LogP contribution in [0.15, 0.2) is 24.3 Å². The van der Waals surface area contributed by atoms with Crippen LogP contribution in [0.2, 0.25) is 0 Å². The number of nitrogens with two attached hydrogens (primary N) is 1. The summed E-state index contributed by atoms with van der Waals surface area (Å²) in [5.41, 5.74) is 7.77. The third kappa shape index (κ3) is 1.58. The first-order valence-electron chi connectivity index (χ1n) is 4.67. The second kappa shape index (κ2) is 3.38. The van der Waals surface area contributed by atoms with Gasteiger partial charge in [0.05, 0.1) is 5.69 Å². The van der Waals surface area contributed by atoms with Gasteiger partial charge in [0.2, 0.25) is 0 Å². The number of rotatable bonds is 1. The summed E-state index contributed by atoms with van der Waals surface area (Å²) in [4.78, 5) is 0. The number of hydrogen-bond donors (Lipinski definition) is 1. The fourth-order valence-corrected chi connectivity index (χ4v) is 1.57. The molecular weight excluding hydrogens is 193 g/mol. The van der Waals surface area contributed by atoms with E-state index in [9.17, 15) is 4.39 Å². The summed E-state index contributed by atoms with van der Waals surface area (Å²) in [7, 11) is 0. The van der Waals surface area contributed by atoms with Crippen LogP contribution >= 0.6 is 0 Å².